The number of hydrogen-bond acceptors (Lipinski definition) is 9. The van der Waals surface area contributed by atoms with Gasteiger partial charge in [0.1, 0.15) is 0 Å². The fourth-order valence-electron chi connectivity index (χ4n) is 4.76. The molecule has 0 aromatic heterocycles. The maximum Gasteiger partial charge on any atom is 0.251 e. The Morgan fingerprint density at radius 2 is 1.84 bits per heavy atom. The fourth-order valence-corrected chi connectivity index (χ4v) is 5.61. The lowest BCUT2D eigenvalue weighted by Crippen LogP contribution is -2.29. The molecule has 0 heterocycles. The molecule has 0 spiro atoms. The number of thioether (sulfide) groups is 1. The van der Waals surface area contributed by atoms with E-state index in [0.29, 0.717) is 51.9 Å². The molecule has 1 aliphatic carbocycles. The zero-order chi connectivity index (χ0) is 27.2. The van der Waals surface area contributed by atoms with Gasteiger partial charge in [-0.25, -0.2) is 0 Å². The Balaban J connectivity index is 1.86. The third-order valence-corrected chi connectivity index (χ3v) is 7.84. The summed E-state index contributed by atoms with van der Waals surface area (Å²) in [6.45, 7) is 0. The molecular weight excluding hydrogens is 524 g/mol. The molecule has 0 radical (unpaired) electrons. The zero-order valence-electron chi connectivity index (χ0n) is 21.5. The lowest BCUT2D eigenvalue weighted by molar-refractivity contribution is 0.0935. The minimum absolute atomic E-state index is 0.124. The molecule has 0 fully saturated rings. The molecule has 1 aliphatic rings. The van der Waals surface area contributed by atoms with Gasteiger partial charge >= 0.3 is 0 Å². The van der Waals surface area contributed by atoms with Gasteiger partial charge in [0.05, 0.1) is 32.3 Å². The number of hydrogen-bond donors (Lipinski definition) is 1. The van der Waals surface area contributed by atoms with Crippen LogP contribution >= 0.6 is 23.7 Å². The highest BCUT2D eigenvalue weighted by atomic mass is 32.2. The summed E-state index contributed by atoms with van der Waals surface area (Å²) in [6.07, 6.45) is 3.00. The SMILES string of the molecule is COc1cc2c(c(OC)c1OC)-c1ccc(SC)c(=O)cc1[C@@H](NC(=O)c1cccc(CSN=O)c1)CC2. The van der Waals surface area contributed by atoms with Crippen molar-refractivity contribution in [2.45, 2.75) is 29.5 Å². The van der Waals surface area contributed by atoms with Crippen molar-refractivity contribution >= 4 is 29.6 Å². The molecule has 3 aromatic carbocycles. The molecule has 38 heavy (non-hydrogen) atoms. The Kier molecular flexibility index (Phi) is 8.96. The lowest BCUT2D eigenvalue weighted by atomic mass is 9.95. The van der Waals surface area contributed by atoms with Crippen molar-refractivity contribution in [1.82, 2.24) is 5.32 Å². The van der Waals surface area contributed by atoms with Crippen molar-refractivity contribution < 1.29 is 19.0 Å². The van der Waals surface area contributed by atoms with Crippen LogP contribution in [0, 0.1) is 4.91 Å². The van der Waals surface area contributed by atoms with Crippen molar-refractivity contribution in [3.8, 4) is 28.4 Å². The highest BCUT2D eigenvalue weighted by molar-refractivity contribution is 7.98. The maximum atomic E-state index is 13.4. The zero-order valence-corrected chi connectivity index (χ0v) is 23.2. The van der Waals surface area contributed by atoms with E-state index in [-0.39, 0.29) is 11.3 Å². The highest BCUT2D eigenvalue weighted by Crippen LogP contribution is 2.50. The largest absolute Gasteiger partial charge is 0.493 e. The number of nitroso groups, excluding NO2 is 1. The second-order valence-corrected chi connectivity index (χ2v) is 10.1. The first-order valence-corrected chi connectivity index (χ1v) is 14.0. The number of fused-ring (bicyclic) bond motifs is 3. The summed E-state index contributed by atoms with van der Waals surface area (Å²) in [5.41, 5.74) is 4.40. The highest BCUT2D eigenvalue weighted by Gasteiger charge is 2.30. The number of carbonyl (C=O) groups is 1. The number of nitrogens with one attached hydrogen (secondary N) is 1. The first-order valence-electron chi connectivity index (χ1n) is 11.8. The molecule has 0 saturated heterocycles. The van der Waals surface area contributed by atoms with Crippen LogP contribution in [0.3, 0.4) is 0 Å². The number of ether oxygens (including phenoxy) is 3. The predicted molar refractivity (Wildman–Crippen MR) is 152 cm³/mol. The van der Waals surface area contributed by atoms with Gasteiger partial charge in [-0.2, -0.15) is 0 Å². The summed E-state index contributed by atoms with van der Waals surface area (Å²) in [5, 5.41) is 3.14. The Bertz CT molecular complexity index is 1430. The Labute approximate surface area is 229 Å². The monoisotopic (exact) mass is 552 g/mol. The number of amides is 1. The molecule has 0 aliphatic heterocycles. The minimum Gasteiger partial charge on any atom is -0.493 e. The van der Waals surface area contributed by atoms with Crippen molar-refractivity contribution in [2.75, 3.05) is 27.6 Å². The molecule has 0 saturated carbocycles. The average Bonchev–Trinajstić information content (AvgIpc) is 3.19. The van der Waals surface area contributed by atoms with Gasteiger partial charge in [-0.3, -0.25) is 9.59 Å². The number of carbonyl (C=O) groups excluding carboxylic acids is 1. The van der Waals surface area contributed by atoms with Crippen LogP contribution in [0.1, 0.15) is 39.5 Å². The van der Waals surface area contributed by atoms with Crippen LogP contribution in [-0.2, 0) is 12.2 Å². The van der Waals surface area contributed by atoms with Gasteiger partial charge < -0.3 is 19.5 Å². The number of benzene rings is 2. The number of aryl methyl sites for hydroxylation is 1. The molecular formula is C28H28N2O6S2. The van der Waals surface area contributed by atoms with Crippen LogP contribution in [0.2, 0.25) is 0 Å². The topological polar surface area (TPSA) is 103 Å². The molecule has 1 amide bonds. The van der Waals surface area contributed by atoms with Crippen LogP contribution < -0.4 is 25.0 Å². The third kappa shape index (κ3) is 5.51. The van der Waals surface area contributed by atoms with E-state index >= 15 is 0 Å². The van der Waals surface area contributed by atoms with E-state index in [0.717, 1.165) is 34.2 Å². The molecule has 10 heteroatoms. The van der Waals surface area contributed by atoms with Crippen LogP contribution in [-0.4, -0.2) is 33.5 Å². The third-order valence-electron chi connectivity index (χ3n) is 6.50. The summed E-state index contributed by atoms with van der Waals surface area (Å²) in [4.78, 5) is 37.6. The lowest BCUT2D eigenvalue weighted by Gasteiger charge is -2.20. The average molecular weight is 553 g/mol. The van der Waals surface area contributed by atoms with E-state index in [9.17, 15) is 14.5 Å². The van der Waals surface area contributed by atoms with Crippen LogP contribution in [0.15, 0.2) is 62.8 Å². The fraction of sp³-hybridized carbons (Fsp3) is 0.286. The maximum absolute atomic E-state index is 13.4. The number of nitrogens with zero attached hydrogens (tertiary/aromatic N) is 1. The summed E-state index contributed by atoms with van der Waals surface area (Å²) in [7, 11) is 4.70. The normalized spacial score (nSPS) is 13.9. The molecule has 1 N–H and O–H groups in total. The molecule has 4 rings (SSSR count). The molecule has 0 unspecified atom stereocenters. The quantitative estimate of drug-likeness (QED) is 0.202. The van der Waals surface area contributed by atoms with E-state index in [1.165, 1.54) is 11.8 Å². The van der Waals surface area contributed by atoms with E-state index < -0.39 is 6.04 Å². The predicted octanol–water partition coefficient (Wildman–Crippen LogP) is 5.79. The van der Waals surface area contributed by atoms with E-state index in [1.807, 2.05) is 24.5 Å². The van der Waals surface area contributed by atoms with Gasteiger partial charge in [0.25, 0.3) is 5.91 Å². The van der Waals surface area contributed by atoms with Crippen molar-refractivity contribution in [1.29, 1.82) is 0 Å². The standard InChI is InChI=1S/C28H28N2O6S2/c1-34-23-13-17-8-10-21(29-28(32)18-7-5-6-16(12-18)15-38-30-33)20-14-22(31)24(37-4)11-9-19(20)25(17)27(36-3)26(23)35-2/h5-7,9,11-14,21H,8,10,15H2,1-4H3,(H,29,32)/t21-/m0/s1. The first-order chi connectivity index (χ1) is 18.4. The Morgan fingerprint density at radius 1 is 1.05 bits per heavy atom. The summed E-state index contributed by atoms with van der Waals surface area (Å²) < 4.78 is 19.9. The molecule has 0 bridgehead atoms. The van der Waals surface area contributed by atoms with E-state index in [1.54, 1.807) is 51.7 Å². The van der Waals surface area contributed by atoms with Crippen molar-refractivity contribution in [3.63, 3.8) is 0 Å². The summed E-state index contributed by atoms with van der Waals surface area (Å²) in [5.74, 6) is 1.61. The number of rotatable bonds is 9. The van der Waals surface area contributed by atoms with E-state index in [4.69, 9.17) is 14.2 Å². The molecule has 8 nitrogen and oxygen atoms in total. The second-order valence-electron chi connectivity index (χ2n) is 8.57. The van der Waals surface area contributed by atoms with Crippen LogP contribution in [0.4, 0.5) is 0 Å². The summed E-state index contributed by atoms with van der Waals surface area (Å²) >= 11 is 2.26. The number of methoxy groups -OCH3 is 3. The van der Waals surface area contributed by atoms with Gasteiger partial charge in [0.2, 0.25) is 5.75 Å². The first kappa shape index (κ1) is 27.5. The Hall–Kier alpha value is -3.50. The second kappa shape index (κ2) is 12.4. The van der Waals surface area contributed by atoms with Crippen molar-refractivity contribution in [3.05, 3.63) is 85.9 Å². The smallest absolute Gasteiger partial charge is 0.251 e. The van der Waals surface area contributed by atoms with Gasteiger partial charge in [-0.05, 0) is 71.7 Å². The molecule has 1 atom stereocenters. The van der Waals surface area contributed by atoms with E-state index in [2.05, 4.69) is 9.90 Å². The van der Waals surface area contributed by atoms with Gasteiger partial charge in [-0.1, -0.05) is 18.2 Å². The van der Waals surface area contributed by atoms with Gasteiger partial charge in [0, 0.05) is 33.4 Å². The minimum atomic E-state index is -0.448. The molecule has 198 valence electrons. The van der Waals surface area contributed by atoms with Gasteiger partial charge in [0.15, 0.2) is 16.9 Å². The Morgan fingerprint density at radius 3 is 2.53 bits per heavy atom. The van der Waals surface area contributed by atoms with Gasteiger partial charge in [-0.15, -0.1) is 16.7 Å². The molecule has 3 aromatic rings. The van der Waals surface area contributed by atoms with Crippen LogP contribution in [0.5, 0.6) is 17.2 Å². The van der Waals surface area contributed by atoms with Crippen molar-refractivity contribution in [2.24, 2.45) is 4.58 Å². The van der Waals surface area contributed by atoms with Crippen LogP contribution in [0.25, 0.3) is 11.1 Å². The summed E-state index contributed by atoms with van der Waals surface area (Å²) in [6, 6.07) is 13.9.